The Bertz CT molecular complexity index is 1020. The molecular weight excluding hydrogens is 479 g/mol. The van der Waals surface area contributed by atoms with E-state index in [2.05, 4.69) is 52.5 Å². The third-order valence-corrected chi connectivity index (χ3v) is 6.56. The summed E-state index contributed by atoms with van der Waals surface area (Å²) in [5.74, 6) is -0.266. The number of hydrogen-bond acceptors (Lipinski definition) is 6. The van der Waals surface area contributed by atoms with Gasteiger partial charge in [-0.05, 0) is 54.6 Å². The van der Waals surface area contributed by atoms with Gasteiger partial charge in [-0.25, -0.2) is 0 Å². The van der Waals surface area contributed by atoms with E-state index < -0.39 is 23.6 Å². The van der Waals surface area contributed by atoms with Crippen molar-refractivity contribution in [1.29, 1.82) is 0 Å². The van der Waals surface area contributed by atoms with Crippen LogP contribution in [-0.2, 0) is 17.5 Å². The summed E-state index contributed by atoms with van der Waals surface area (Å²) in [6.07, 6.45) is -3.80. The second kappa shape index (κ2) is 12.3. The lowest BCUT2D eigenvalue weighted by Gasteiger charge is -2.33. The van der Waals surface area contributed by atoms with Crippen molar-refractivity contribution in [2.45, 2.75) is 43.0 Å². The van der Waals surface area contributed by atoms with Crippen LogP contribution in [0, 0.1) is 0 Å². The van der Waals surface area contributed by atoms with E-state index in [-0.39, 0.29) is 29.9 Å². The minimum Gasteiger partial charge on any atom is -0.398 e. The highest BCUT2D eigenvalue weighted by molar-refractivity contribution is 7.99. The van der Waals surface area contributed by atoms with Gasteiger partial charge in [0.2, 0.25) is 5.91 Å². The number of halogens is 3. The van der Waals surface area contributed by atoms with Crippen molar-refractivity contribution >= 4 is 29.3 Å². The number of amides is 2. The van der Waals surface area contributed by atoms with E-state index in [9.17, 15) is 22.8 Å². The fourth-order valence-corrected chi connectivity index (χ4v) is 4.48. The normalized spacial score (nSPS) is 18.2. The molecule has 2 amide bonds. The summed E-state index contributed by atoms with van der Waals surface area (Å²) in [6.45, 7) is 3.75. The third kappa shape index (κ3) is 7.87. The molecule has 11 heteroatoms. The van der Waals surface area contributed by atoms with Crippen molar-refractivity contribution in [2.75, 3.05) is 31.1 Å². The first-order valence-electron chi connectivity index (χ1n) is 11.4. The maximum absolute atomic E-state index is 12.9. The van der Waals surface area contributed by atoms with Gasteiger partial charge in [0.15, 0.2) is 0 Å². The molecule has 0 saturated carbocycles. The van der Waals surface area contributed by atoms with Gasteiger partial charge in [0, 0.05) is 29.7 Å². The molecule has 1 aliphatic rings. The van der Waals surface area contributed by atoms with Crippen LogP contribution in [0.1, 0.15) is 34.8 Å². The maximum Gasteiger partial charge on any atom is 0.416 e. The van der Waals surface area contributed by atoms with Crippen LogP contribution in [0.3, 0.4) is 0 Å². The minimum atomic E-state index is -4.60. The zero-order valence-electron chi connectivity index (χ0n) is 19.4. The van der Waals surface area contributed by atoms with E-state index >= 15 is 0 Å². The van der Waals surface area contributed by atoms with Gasteiger partial charge in [-0.3, -0.25) is 9.59 Å². The number of carbonyl (C=O) groups excluding carboxylic acids is 2. The molecule has 1 saturated heterocycles. The molecule has 1 aliphatic heterocycles. The lowest BCUT2D eigenvalue weighted by Crippen LogP contribution is -2.59. The van der Waals surface area contributed by atoms with Gasteiger partial charge in [-0.15, -0.1) is 11.8 Å². The van der Waals surface area contributed by atoms with E-state index in [1.807, 2.05) is 0 Å². The average molecular weight is 510 g/mol. The molecule has 0 aliphatic carbocycles. The number of nitrogen functional groups attached to an aromatic ring is 1. The highest BCUT2D eigenvalue weighted by Gasteiger charge is 2.32. The zero-order chi connectivity index (χ0) is 25.4. The number of rotatable bonds is 9. The topological polar surface area (TPSA) is 108 Å². The number of nitrogens with two attached hydrogens (primary N) is 1. The number of anilines is 1. The van der Waals surface area contributed by atoms with Crippen LogP contribution in [-0.4, -0.2) is 49.3 Å². The molecule has 7 nitrogen and oxygen atoms in total. The fourth-order valence-electron chi connectivity index (χ4n) is 3.82. The van der Waals surface area contributed by atoms with Crippen molar-refractivity contribution in [3.8, 4) is 0 Å². The summed E-state index contributed by atoms with van der Waals surface area (Å²) in [5.41, 5.74) is 5.40. The average Bonchev–Trinajstić information content (AvgIpc) is 2.82. The molecule has 3 rings (SSSR count). The first-order chi connectivity index (χ1) is 16.7. The predicted molar refractivity (Wildman–Crippen MR) is 131 cm³/mol. The Balaban J connectivity index is 1.52. The lowest BCUT2D eigenvalue weighted by atomic mass is 10.00. The lowest BCUT2D eigenvalue weighted by molar-refractivity contribution is -0.137. The molecule has 0 radical (unpaired) electrons. The van der Waals surface area contributed by atoms with E-state index in [1.54, 1.807) is 11.8 Å². The molecule has 35 heavy (non-hydrogen) atoms. The van der Waals surface area contributed by atoms with Crippen LogP contribution in [0.2, 0.25) is 0 Å². The Labute approximate surface area is 206 Å². The van der Waals surface area contributed by atoms with E-state index in [4.69, 9.17) is 5.73 Å². The largest absolute Gasteiger partial charge is 0.416 e. The maximum atomic E-state index is 12.9. The summed E-state index contributed by atoms with van der Waals surface area (Å²) in [7, 11) is 0. The number of nitrogens with one attached hydrogen (secondary N) is 4. The summed E-state index contributed by atoms with van der Waals surface area (Å²) in [5, 5.41) is 12.0. The second-order valence-corrected chi connectivity index (χ2v) is 9.55. The second-order valence-electron chi connectivity index (χ2n) is 8.21. The quantitative estimate of drug-likeness (QED) is 0.263. The molecule has 0 spiro atoms. The summed E-state index contributed by atoms with van der Waals surface area (Å²) in [4.78, 5) is 26.1. The van der Waals surface area contributed by atoms with E-state index in [0.29, 0.717) is 19.2 Å². The number of hydrogen-bond donors (Lipinski definition) is 5. The molecule has 0 bridgehead atoms. The van der Waals surface area contributed by atoms with Gasteiger partial charge in [0.25, 0.3) is 5.91 Å². The van der Waals surface area contributed by atoms with Crippen LogP contribution in [0.25, 0.3) is 0 Å². The van der Waals surface area contributed by atoms with Crippen LogP contribution >= 0.6 is 11.8 Å². The zero-order valence-corrected chi connectivity index (χ0v) is 20.2. The Morgan fingerprint density at radius 1 is 1.14 bits per heavy atom. The van der Waals surface area contributed by atoms with Crippen molar-refractivity contribution in [2.24, 2.45) is 0 Å². The molecule has 2 aromatic carbocycles. The SMILES string of the molecule is CCSc1ccc(CN[C@@H]2CCNC[C@@H]2NC(=O)CNC(=O)c2cc(C(F)(F)F)ccc2N)cc1. The van der Waals surface area contributed by atoms with Crippen LogP contribution in [0.15, 0.2) is 47.4 Å². The van der Waals surface area contributed by atoms with Crippen molar-refractivity contribution in [3.05, 3.63) is 59.2 Å². The van der Waals surface area contributed by atoms with Crippen LogP contribution < -0.4 is 27.0 Å². The standard InChI is InChI=1S/C24H30F3N5O2S/c1-2-35-17-6-3-15(4-7-17)12-30-20-9-10-29-13-21(20)32-22(33)14-31-23(34)18-11-16(24(25,26)27)5-8-19(18)28/h3-8,11,20-21,29-30H,2,9-10,12-14,28H2,1H3,(H,31,34)(H,32,33)/t20-,21+/m1/s1. The molecular formula is C24H30F3N5O2S. The van der Waals surface area contributed by atoms with Gasteiger partial charge in [0.05, 0.1) is 23.7 Å². The molecule has 0 aromatic heterocycles. The number of benzene rings is 2. The van der Waals surface area contributed by atoms with Gasteiger partial charge >= 0.3 is 6.18 Å². The monoisotopic (exact) mass is 509 g/mol. The van der Waals surface area contributed by atoms with Gasteiger partial charge in [-0.2, -0.15) is 13.2 Å². The molecule has 6 N–H and O–H groups in total. The van der Waals surface area contributed by atoms with Gasteiger partial charge < -0.3 is 27.0 Å². The highest BCUT2D eigenvalue weighted by Crippen LogP contribution is 2.31. The Kier molecular flexibility index (Phi) is 9.41. The Morgan fingerprint density at radius 2 is 1.89 bits per heavy atom. The smallest absolute Gasteiger partial charge is 0.398 e. The first-order valence-corrected chi connectivity index (χ1v) is 12.4. The third-order valence-electron chi connectivity index (χ3n) is 5.67. The van der Waals surface area contributed by atoms with Gasteiger partial charge in [0.1, 0.15) is 0 Å². The number of carbonyl (C=O) groups is 2. The molecule has 1 fully saturated rings. The van der Waals surface area contributed by atoms with Crippen LogP contribution in [0.4, 0.5) is 18.9 Å². The van der Waals surface area contributed by atoms with Crippen molar-refractivity contribution in [1.82, 2.24) is 21.3 Å². The Morgan fingerprint density at radius 3 is 2.57 bits per heavy atom. The summed E-state index contributed by atoms with van der Waals surface area (Å²) in [6, 6.07) is 10.7. The number of alkyl halides is 3. The predicted octanol–water partition coefficient (Wildman–Crippen LogP) is 2.77. The Hall–Kier alpha value is -2.76. The first kappa shape index (κ1) is 26.8. The molecule has 0 unspecified atom stereocenters. The van der Waals surface area contributed by atoms with E-state index in [1.165, 1.54) is 4.90 Å². The van der Waals surface area contributed by atoms with Crippen molar-refractivity contribution < 1.29 is 22.8 Å². The molecule has 190 valence electrons. The van der Waals surface area contributed by atoms with Crippen molar-refractivity contribution in [3.63, 3.8) is 0 Å². The minimum absolute atomic E-state index is 0.0275. The fraction of sp³-hybridized carbons (Fsp3) is 0.417. The highest BCUT2D eigenvalue weighted by atomic mass is 32.2. The van der Waals surface area contributed by atoms with Gasteiger partial charge in [-0.1, -0.05) is 19.1 Å². The summed E-state index contributed by atoms with van der Waals surface area (Å²) >= 11 is 1.78. The molecule has 2 atom stereocenters. The van der Waals surface area contributed by atoms with E-state index in [0.717, 1.165) is 36.4 Å². The number of piperidine rings is 1. The summed E-state index contributed by atoms with van der Waals surface area (Å²) < 4.78 is 38.8. The number of thioether (sulfide) groups is 1. The molecule has 2 aromatic rings. The molecule has 1 heterocycles. The van der Waals surface area contributed by atoms with Crippen LogP contribution in [0.5, 0.6) is 0 Å².